The van der Waals surface area contributed by atoms with Gasteiger partial charge >= 0.3 is 0 Å². The molecule has 0 radical (unpaired) electrons. The summed E-state index contributed by atoms with van der Waals surface area (Å²) in [5.74, 6) is 0. The number of para-hydroxylation sites is 1. The minimum Gasteiger partial charge on any atom is -0.378 e. The first-order chi connectivity index (χ1) is 9.78. The second-order valence-electron chi connectivity index (χ2n) is 5.43. The molecule has 106 valence electrons. The van der Waals surface area contributed by atoms with Crippen molar-refractivity contribution in [3.05, 3.63) is 50.7 Å². The summed E-state index contributed by atoms with van der Waals surface area (Å²) in [4.78, 5) is 1.46. The molecule has 1 aromatic heterocycles. The largest absolute Gasteiger partial charge is 0.378 e. The Morgan fingerprint density at radius 1 is 1.35 bits per heavy atom. The standard InChI is InChI=1S/C17H20ClNS/c1-2-6-12-7-3-4-8-14(12)19-15-9-5-10-16-13(15)11-17(18)20-16/h3-4,7-8,11,15,19H,2,5-6,9-10H2,1H3. The highest BCUT2D eigenvalue weighted by molar-refractivity contribution is 7.16. The maximum Gasteiger partial charge on any atom is 0.0934 e. The number of fused-ring (bicyclic) bond motifs is 1. The van der Waals surface area contributed by atoms with Crippen molar-refractivity contribution in [2.75, 3.05) is 5.32 Å². The van der Waals surface area contributed by atoms with Crippen molar-refractivity contribution >= 4 is 28.6 Å². The Balaban J connectivity index is 1.85. The summed E-state index contributed by atoms with van der Waals surface area (Å²) in [7, 11) is 0. The molecule has 1 atom stereocenters. The fraction of sp³-hybridized carbons (Fsp3) is 0.412. The first kappa shape index (κ1) is 14.0. The van der Waals surface area contributed by atoms with Gasteiger partial charge in [0.1, 0.15) is 0 Å². The summed E-state index contributed by atoms with van der Waals surface area (Å²) in [6, 6.07) is 11.3. The van der Waals surface area contributed by atoms with Crippen LogP contribution in [0.15, 0.2) is 30.3 Å². The highest BCUT2D eigenvalue weighted by Crippen LogP contribution is 2.39. The van der Waals surface area contributed by atoms with Gasteiger partial charge < -0.3 is 5.32 Å². The molecule has 0 fully saturated rings. The first-order valence-corrected chi connectivity index (χ1v) is 8.60. The Hall–Kier alpha value is -0.990. The fourth-order valence-electron chi connectivity index (χ4n) is 3.01. The molecule has 1 N–H and O–H groups in total. The van der Waals surface area contributed by atoms with Crippen molar-refractivity contribution in [3.8, 4) is 0 Å². The molecule has 1 heterocycles. The average molecular weight is 306 g/mol. The van der Waals surface area contributed by atoms with Gasteiger partial charge in [0, 0.05) is 10.6 Å². The maximum atomic E-state index is 6.19. The molecular weight excluding hydrogens is 286 g/mol. The summed E-state index contributed by atoms with van der Waals surface area (Å²) < 4.78 is 0.922. The van der Waals surface area contributed by atoms with Gasteiger partial charge in [0.25, 0.3) is 0 Å². The quantitative estimate of drug-likeness (QED) is 0.748. The number of thiophene rings is 1. The molecule has 0 amide bonds. The van der Waals surface area contributed by atoms with E-state index in [1.54, 1.807) is 11.3 Å². The van der Waals surface area contributed by atoms with Gasteiger partial charge in [-0.15, -0.1) is 11.3 Å². The minimum atomic E-state index is 0.417. The van der Waals surface area contributed by atoms with Crippen LogP contribution in [0, 0.1) is 0 Å². The van der Waals surface area contributed by atoms with Crippen molar-refractivity contribution < 1.29 is 0 Å². The van der Waals surface area contributed by atoms with Crippen LogP contribution in [0.3, 0.4) is 0 Å². The highest BCUT2D eigenvalue weighted by atomic mass is 35.5. The van der Waals surface area contributed by atoms with Gasteiger partial charge in [-0.25, -0.2) is 0 Å². The smallest absolute Gasteiger partial charge is 0.0934 e. The number of anilines is 1. The lowest BCUT2D eigenvalue weighted by Gasteiger charge is -2.26. The van der Waals surface area contributed by atoms with E-state index in [0.717, 1.165) is 10.8 Å². The molecule has 0 spiro atoms. The lowest BCUT2D eigenvalue weighted by atomic mass is 9.93. The van der Waals surface area contributed by atoms with Crippen molar-refractivity contribution in [1.82, 2.24) is 0 Å². The average Bonchev–Trinajstić information content (AvgIpc) is 2.83. The summed E-state index contributed by atoms with van der Waals surface area (Å²) >= 11 is 7.94. The summed E-state index contributed by atoms with van der Waals surface area (Å²) in [6.45, 7) is 2.23. The minimum absolute atomic E-state index is 0.417. The van der Waals surface area contributed by atoms with Gasteiger partial charge in [-0.3, -0.25) is 0 Å². The zero-order valence-electron chi connectivity index (χ0n) is 11.8. The normalized spacial score (nSPS) is 17.8. The van der Waals surface area contributed by atoms with Crippen LogP contribution in [0.5, 0.6) is 0 Å². The molecule has 0 aliphatic heterocycles. The SMILES string of the molecule is CCCc1ccccc1NC1CCCc2sc(Cl)cc21. The Labute approximate surface area is 130 Å². The van der Waals surface area contributed by atoms with E-state index in [9.17, 15) is 0 Å². The van der Waals surface area contributed by atoms with Gasteiger partial charge in [0.2, 0.25) is 0 Å². The number of nitrogens with one attached hydrogen (secondary N) is 1. The maximum absolute atomic E-state index is 6.19. The van der Waals surface area contributed by atoms with Gasteiger partial charge in [0.05, 0.1) is 10.4 Å². The van der Waals surface area contributed by atoms with E-state index < -0.39 is 0 Å². The van der Waals surface area contributed by atoms with Gasteiger partial charge in [-0.05, 0) is 48.9 Å². The fourth-order valence-corrected chi connectivity index (χ4v) is 4.39. The predicted molar refractivity (Wildman–Crippen MR) is 89.1 cm³/mol. The molecule has 2 aromatic rings. The van der Waals surface area contributed by atoms with Crippen molar-refractivity contribution in [1.29, 1.82) is 0 Å². The van der Waals surface area contributed by atoms with Crippen LogP contribution in [-0.2, 0) is 12.8 Å². The first-order valence-electron chi connectivity index (χ1n) is 7.40. The zero-order chi connectivity index (χ0) is 13.9. The van der Waals surface area contributed by atoms with E-state index in [1.807, 2.05) is 0 Å². The molecule has 1 nitrogen and oxygen atoms in total. The van der Waals surface area contributed by atoms with Crippen molar-refractivity contribution in [2.45, 2.75) is 45.1 Å². The van der Waals surface area contributed by atoms with E-state index >= 15 is 0 Å². The third kappa shape index (κ3) is 2.87. The second-order valence-corrected chi connectivity index (χ2v) is 7.19. The molecular formula is C17H20ClNS. The Morgan fingerprint density at radius 2 is 2.20 bits per heavy atom. The topological polar surface area (TPSA) is 12.0 Å². The molecule has 0 bridgehead atoms. The molecule has 0 saturated carbocycles. The Morgan fingerprint density at radius 3 is 3.05 bits per heavy atom. The van der Waals surface area contributed by atoms with Crippen LogP contribution < -0.4 is 5.32 Å². The zero-order valence-corrected chi connectivity index (χ0v) is 13.4. The number of rotatable bonds is 4. The molecule has 0 saturated heterocycles. The van der Waals surface area contributed by atoms with Crippen LogP contribution in [0.25, 0.3) is 0 Å². The van der Waals surface area contributed by atoms with E-state index in [-0.39, 0.29) is 0 Å². The van der Waals surface area contributed by atoms with Gasteiger partial charge in [-0.2, -0.15) is 0 Å². The number of halogens is 1. The number of hydrogen-bond acceptors (Lipinski definition) is 2. The van der Waals surface area contributed by atoms with E-state index in [4.69, 9.17) is 11.6 Å². The summed E-state index contributed by atoms with van der Waals surface area (Å²) in [5, 5.41) is 3.75. The van der Waals surface area contributed by atoms with Crippen molar-refractivity contribution in [3.63, 3.8) is 0 Å². The van der Waals surface area contributed by atoms with Crippen molar-refractivity contribution in [2.24, 2.45) is 0 Å². The van der Waals surface area contributed by atoms with Gasteiger partial charge in [0.15, 0.2) is 0 Å². The Bertz CT molecular complexity index is 590. The molecule has 1 aliphatic rings. The number of aryl methyl sites for hydroxylation is 2. The second kappa shape index (κ2) is 6.19. The number of benzene rings is 1. The van der Waals surface area contributed by atoms with Crippen LogP contribution in [0.4, 0.5) is 5.69 Å². The van der Waals surface area contributed by atoms with Gasteiger partial charge in [-0.1, -0.05) is 43.1 Å². The van der Waals surface area contributed by atoms with E-state index in [2.05, 4.69) is 42.6 Å². The van der Waals surface area contributed by atoms with E-state index in [0.29, 0.717) is 6.04 Å². The summed E-state index contributed by atoms with van der Waals surface area (Å²) in [5.41, 5.74) is 4.12. The molecule has 3 rings (SSSR count). The monoisotopic (exact) mass is 305 g/mol. The summed E-state index contributed by atoms with van der Waals surface area (Å²) in [6.07, 6.45) is 5.94. The Kier molecular flexibility index (Phi) is 4.32. The number of hydrogen-bond donors (Lipinski definition) is 1. The third-order valence-corrected chi connectivity index (χ3v) is 5.29. The third-order valence-electron chi connectivity index (χ3n) is 3.95. The van der Waals surface area contributed by atoms with Crippen LogP contribution in [0.2, 0.25) is 4.34 Å². The molecule has 3 heteroatoms. The van der Waals surface area contributed by atoms with Crippen LogP contribution >= 0.6 is 22.9 Å². The molecule has 1 aliphatic carbocycles. The van der Waals surface area contributed by atoms with Crippen LogP contribution in [-0.4, -0.2) is 0 Å². The molecule has 20 heavy (non-hydrogen) atoms. The van der Waals surface area contributed by atoms with E-state index in [1.165, 1.54) is 47.4 Å². The predicted octanol–water partition coefficient (Wildman–Crippen LogP) is 5.84. The molecule has 1 unspecified atom stereocenters. The molecule has 1 aromatic carbocycles. The highest BCUT2D eigenvalue weighted by Gasteiger charge is 2.23. The lowest BCUT2D eigenvalue weighted by molar-refractivity contribution is 0.608. The van der Waals surface area contributed by atoms with Crippen LogP contribution in [0.1, 0.15) is 48.2 Å². The lowest BCUT2D eigenvalue weighted by Crippen LogP contribution is -2.16.